The molecular formula is C17H25N. The van der Waals surface area contributed by atoms with E-state index in [0.717, 1.165) is 12.5 Å². The number of rotatable bonds is 6. The summed E-state index contributed by atoms with van der Waals surface area (Å²) in [5, 5.41) is 2.51. The topological polar surface area (TPSA) is 12.4 Å². The van der Waals surface area contributed by atoms with Crippen LogP contribution in [0.4, 0.5) is 0 Å². The molecule has 1 heteroatoms. The summed E-state index contributed by atoms with van der Waals surface area (Å²) in [4.78, 5) is 4.72. The van der Waals surface area contributed by atoms with Gasteiger partial charge in [-0.15, -0.1) is 0 Å². The van der Waals surface area contributed by atoms with Crippen LogP contribution in [-0.4, -0.2) is 6.54 Å². The molecule has 2 rings (SSSR count). The fraction of sp³-hybridized carbons (Fsp3) is 0.588. The Labute approximate surface area is 111 Å². The molecule has 0 fully saturated rings. The molecule has 0 amide bonds. The molecule has 98 valence electrons. The molecular weight excluding hydrogens is 218 g/mol. The number of nitrogens with zero attached hydrogens (tertiary/aromatic N) is 1. The Morgan fingerprint density at radius 1 is 1.17 bits per heavy atom. The zero-order valence-electron chi connectivity index (χ0n) is 11.7. The maximum atomic E-state index is 4.72. The third kappa shape index (κ3) is 3.44. The fourth-order valence-corrected chi connectivity index (χ4v) is 3.06. The van der Waals surface area contributed by atoms with Gasteiger partial charge in [-0.25, -0.2) is 0 Å². The van der Waals surface area contributed by atoms with E-state index < -0.39 is 0 Å². The van der Waals surface area contributed by atoms with Crippen LogP contribution in [0.15, 0.2) is 29.3 Å². The van der Waals surface area contributed by atoms with Gasteiger partial charge in [0, 0.05) is 6.54 Å². The van der Waals surface area contributed by atoms with E-state index in [-0.39, 0.29) is 0 Å². The second-order valence-electron chi connectivity index (χ2n) is 5.51. The third-order valence-electron chi connectivity index (χ3n) is 3.88. The van der Waals surface area contributed by atoms with E-state index in [0.29, 0.717) is 5.92 Å². The van der Waals surface area contributed by atoms with Crippen LogP contribution in [0.2, 0.25) is 0 Å². The smallest absolute Gasteiger partial charge is 0.0643 e. The highest BCUT2D eigenvalue weighted by Gasteiger charge is 2.15. The van der Waals surface area contributed by atoms with Crippen molar-refractivity contribution in [2.45, 2.75) is 46.0 Å². The Balaban J connectivity index is 2.05. The lowest BCUT2D eigenvalue weighted by atomic mass is 9.87. The van der Waals surface area contributed by atoms with Crippen LogP contribution in [-0.2, 0) is 0 Å². The van der Waals surface area contributed by atoms with E-state index in [1.54, 1.807) is 0 Å². The van der Waals surface area contributed by atoms with Crippen molar-refractivity contribution in [3.8, 4) is 0 Å². The van der Waals surface area contributed by atoms with Crippen LogP contribution in [0.25, 0.3) is 6.08 Å². The van der Waals surface area contributed by atoms with Gasteiger partial charge in [-0.3, -0.25) is 4.99 Å². The molecule has 1 aliphatic heterocycles. The molecule has 0 radical (unpaired) electrons. The van der Waals surface area contributed by atoms with Gasteiger partial charge in [0.25, 0.3) is 0 Å². The molecule has 1 aromatic rings. The summed E-state index contributed by atoms with van der Waals surface area (Å²) < 4.78 is 0. The summed E-state index contributed by atoms with van der Waals surface area (Å²) in [5.41, 5.74) is 0. The molecule has 0 N–H and O–H groups in total. The average Bonchev–Trinajstić information content (AvgIpc) is 2.39. The van der Waals surface area contributed by atoms with Gasteiger partial charge in [-0.05, 0) is 29.5 Å². The summed E-state index contributed by atoms with van der Waals surface area (Å²) in [6.07, 6.45) is 9.13. The zero-order valence-corrected chi connectivity index (χ0v) is 11.7. The predicted molar refractivity (Wildman–Crippen MR) is 78.0 cm³/mol. The molecule has 0 unspecified atom stereocenters. The molecule has 18 heavy (non-hydrogen) atoms. The highest BCUT2D eigenvalue weighted by molar-refractivity contribution is 5.29. The molecule has 1 aliphatic rings. The first-order valence-corrected chi connectivity index (χ1v) is 7.44. The SMILES string of the molecule is CCCC(CCC)C[C@H]1C=c2ccccc2=NC1. The van der Waals surface area contributed by atoms with Gasteiger partial charge in [-0.2, -0.15) is 0 Å². The lowest BCUT2D eigenvalue weighted by Gasteiger charge is -2.21. The first-order valence-electron chi connectivity index (χ1n) is 7.44. The lowest BCUT2D eigenvalue weighted by molar-refractivity contribution is 0.372. The first-order chi connectivity index (χ1) is 8.83. The minimum Gasteiger partial charge on any atom is -0.284 e. The van der Waals surface area contributed by atoms with Crippen molar-refractivity contribution in [1.82, 2.24) is 0 Å². The van der Waals surface area contributed by atoms with Crippen molar-refractivity contribution in [3.05, 3.63) is 34.8 Å². The summed E-state index contributed by atoms with van der Waals surface area (Å²) in [6.45, 7) is 5.58. The van der Waals surface area contributed by atoms with Crippen LogP contribution in [0, 0.1) is 11.8 Å². The van der Waals surface area contributed by atoms with Gasteiger partial charge in [0.15, 0.2) is 0 Å². The maximum Gasteiger partial charge on any atom is 0.0643 e. The third-order valence-corrected chi connectivity index (χ3v) is 3.88. The van der Waals surface area contributed by atoms with Gasteiger partial charge >= 0.3 is 0 Å². The van der Waals surface area contributed by atoms with E-state index in [1.165, 1.54) is 42.7 Å². The van der Waals surface area contributed by atoms with E-state index in [2.05, 4.69) is 44.2 Å². The largest absolute Gasteiger partial charge is 0.284 e. The minimum atomic E-state index is 0.656. The number of para-hydroxylation sites is 1. The number of hydrogen-bond donors (Lipinski definition) is 0. The summed E-state index contributed by atoms with van der Waals surface area (Å²) in [7, 11) is 0. The van der Waals surface area contributed by atoms with Crippen LogP contribution < -0.4 is 10.6 Å². The molecule has 0 bridgehead atoms. The molecule has 1 aromatic carbocycles. The molecule has 0 aromatic heterocycles. The van der Waals surface area contributed by atoms with Gasteiger partial charge in [0.1, 0.15) is 0 Å². The van der Waals surface area contributed by atoms with Crippen molar-refractivity contribution in [2.24, 2.45) is 16.8 Å². The Morgan fingerprint density at radius 3 is 2.61 bits per heavy atom. The summed E-state index contributed by atoms with van der Waals surface area (Å²) in [6, 6.07) is 8.51. The number of fused-ring (bicyclic) bond motifs is 1. The highest BCUT2D eigenvalue weighted by Crippen LogP contribution is 2.23. The standard InChI is InChI=1S/C17H25N/c1-3-7-14(8-4-2)11-15-12-16-9-5-6-10-17(16)18-13-15/h5-6,9-10,12,14-15H,3-4,7-8,11,13H2,1-2H3/t15-/m0/s1. The first kappa shape index (κ1) is 13.3. The second kappa shape index (κ2) is 6.72. The van der Waals surface area contributed by atoms with Crippen LogP contribution >= 0.6 is 0 Å². The summed E-state index contributed by atoms with van der Waals surface area (Å²) in [5.74, 6) is 1.55. The Morgan fingerprint density at radius 2 is 1.89 bits per heavy atom. The number of benzene rings is 1. The van der Waals surface area contributed by atoms with E-state index in [4.69, 9.17) is 4.99 Å². The average molecular weight is 243 g/mol. The van der Waals surface area contributed by atoms with Gasteiger partial charge in [-0.1, -0.05) is 63.8 Å². The van der Waals surface area contributed by atoms with E-state index >= 15 is 0 Å². The van der Waals surface area contributed by atoms with Crippen molar-refractivity contribution < 1.29 is 0 Å². The molecule has 0 saturated carbocycles. The van der Waals surface area contributed by atoms with Crippen molar-refractivity contribution in [3.63, 3.8) is 0 Å². The zero-order chi connectivity index (χ0) is 12.8. The Hall–Kier alpha value is -1.11. The lowest BCUT2D eigenvalue weighted by Crippen LogP contribution is -2.31. The van der Waals surface area contributed by atoms with Crippen LogP contribution in [0.3, 0.4) is 0 Å². The van der Waals surface area contributed by atoms with Gasteiger partial charge in [0.05, 0.1) is 5.36 Å². The minimum absolute atomic E-state index is 0.656. The normalized spacial score (nSPS) is 18.1. The van der Waals surface area contributed by atoms with Crippen LogP contribution in [0.1, 0.15) is 46.0 Å². The monoisotopic (exact) mass is 243 g/mol. The molecule has 1 heterocycles. The second-order valence-corrected chi connectivity index (χ2v) is 5.51. The maximum absolute atomic E-state index is 4.72. The van der Waals surface area contributed by atoms with E-state index in [1.807, 2.05) is 0 Å². The van der Waals surface area contributed by atoms with Crippen molar-refractivity contribution >= 4 is 6.08 Å². The molecule has 0 spiro atoms. The van der Waals surface area contributed by atoms with Crippen molar-refractivity contribution in [1.29, 1.82) is 0 Å². The molecule has 1 atom stereocenters. The highest BCUT2D eigenvalue weighted by atomic mass is 14.7. The Kier molecular flexibility index (Phi) is 4.98. The Bertz CT molecular complexity index is 469. The number of hydrogen-bond acceptors (Lipinski definition) is 1. The van der Waals surface area contributed by atoms with Crippen LogP contribution in [0.5, 0.6) is 0 Å². The molecule has 0 saturated heterocycles. The molecule has 0 aliphatic carbocycles. The quantitative estimate of drug-likeness (QED) is 0.727. The molecule has 1 nitrogen and oxygen atoms in total. The van der Waals surface area contributed by atoms with E-state index in [9.17, 15) is 0 Å². The summed E-state index contributed by atoms with van der Waals surface area (Å²) >= 11 is 0. The fourth-order valence-electron chi connectivity index (χ4n) is 3.06. The van der Waals surface area contributed by atoms with Gasteiger partial charge in [0.2, 0.25) is 0 Å². The predicted octanol–water partition coefficient (Wildman–Crippen LogP) is 3.32. The van der Waals surface area contributed by atoms with Crippen molar-refractivity contribution in [2.75, 3.05) is 6.54 Å². The van der Waals surface area contributed by atoms with Gasteiger partial charge < -0.3 is 0 Å².